The maximum atomic E-state index is 11.9. The number of nitrogens with two attached hydrogens (primary N) is 1. The lowest BCUT2D eigenvalue weighted by Gasteiger charge is -2.24. The molecule has 0 fully saturated rings. The molecular formula is C12H22N2O5S. The van der Waals surface area contributed by atoms with Gasteiger partial charge in [-0.3, -0.25) is 9.59 Å². The topological polar surface area (TPSA) is 119 Å². The second-order valence-corrected chi connectivity index (χ2v) is 6.43. The molecule has 20 heavy (non-hydrogen) atoms. The van der Waals surface area contributed by atoms with E-state index in [0.717, 1.165) is 11.8 Å². The standard InChI is InChI=1S/C12H22N2O5S/c1-7(16)14-8(11(18)19-12(2,3)4)6-20-9(5-15)10(13)17/h8-9,15H,5-6H2,1-4H3,(H2,13,17)(H,14,16)/t8-,9-/m0/s1. The lowest BCUT2D eigenvalue weighted by Crippen LogP contribution is -2.45. The molecule has 4 N–H and O–H groups in total. The third kappa shape index (κ3) is 8.00. The van der Waals surface area contributed by atoms with Gasteiger partial charge in [0.25, 0.3) is 0 Å². The van der Waals surface area contributed by atoms with Crippen LogP contribution in [-0.4, -0.2) is 52.1 Å². The lowest BCUT2D eigenvalue weighted by molar-refractivity contribution is -0.157. The number of hydrogen-bond acceptors (Lipinski definition) is 6. The van der Waals surface area contributed by atoms with E-state index >= 15 is 0 Å². The van der Waals surface area contributed by atoms with Crippen LogP contribution in [0, 0.1) is 0 Å². The minimum Gasteiger partial charge on any atom is -0.458 e. The quantitative estimate of drug-likeness (QED) is 0.541. The normalized spacial score (nSPS) is 14.2. The van der Waals surface area contributed by atoms with Crippen molar-refractivity contribution in [3.63, 3.8) is 0 Å². The molecule has 0 heterocycles. The van der Waals surface area contributed by atoms with E-state index in [1.807, 2.05) is 0 Å². The Bertz CT molecular complexity index is 367. The molecule has 0 aromatic carbocycles. The smallest absolute Gasteiger partial charge is 0.330 e. The van der Waals surface area contributed by atoms with Crippen molar-refractivity contribution in [3.8, 4) is 0 Å². The summed E-state index contributed by atoms with van der Waals surface area (Å²) < 4.78 is 5.18. The molecule has 7 nitrogen and oxygen atoms in total. The van der Waals surface area contributed by atoms with Crippen LogP contribution in [0.4, 0.5) is 0 Å². The average molecular weight is 306 g/mol. The largest absolute Gasteiger partial charge is 0.458 e. The predicted molar refractivity (Wildman–Crippen MR) is 76.0 cm³/mol. The number of aliphatic hydroxyl groups is 1. The summed E-state index contributed by atoms with van der Waals surface area (Å²) in [6.07, 6.45) is 0. The number of aliphatic hydroxyl groups excluding tert-OH is 1. The third-order valence-corrected chi connectivity index (χ3v) is 3.33. The van der Waals surface area contributed by atoms with Gasteiger partial charge in [0.05, 0.1) is 6.61 Å². The summed E-state index contributed by atoms with van der Waals surface area (Å²) in [4.78, 5) is 34.0. The molecule has 0 saturated carbocycles. The van der Waals surface area contributed by atoms with Crippen molar-refractivity contribution in [3.05, 3.63) is 0 Å². The number of carbonyl (C=O) groups excluding carboxylic acids is 3. The van der Waals surface area contributed by atoms with Crippen LogP contribution in [0.25, 0.3) is 0 Å². The Hall–Kier alpha value is -1.28. The monoisotopic (exact) mass is 306 g/mol. The van der Waals surface area contributed by atoms with Gasteiger partial charge in [-0.25, -0.2) is 4.79 Å². The first-order valence-corrected chi connectivity index (χ1v) is 7.13. The molecule has 0 rings (SSSR count). The summed E-state index contributed by atoms with van der Waals surface area (Å²) in [6, 6.07) is -0.898. The van der Waals surface area contributed by atoms with Gasteiger partial charge in [0.2, 0.25) is 11.8 Å². The third-order valence-electron chi connectivity index (χ3n) is 2.02. The van der Waals surface area contributed by atoms with Crippen LogP contribution in [0.5, 0.6) is 0 Å². The highest BCUT2D eigenvalue weighted by atomic mass is 32.2. The minimum atomic E-state index is -0.898. The summed E-state index contributed by atoms with van der Waals surface area (Å²) in [5.74, 6) is -1.58. The van der Waals surface area contributed by atoms with Crippen molar-refractivity contribution in [2.75, 3.05) is 12.4 Å². The highest BCUT2D eigenvalue weighted by Crippen LogP contribution is 2.15. The molecular weight excluding hydrogens is 284 g/mol. The van der Waals surface area contributed by atoms with Crippen LogP contribution in [-0.2, 0) is 19.1 Å². The summed E-state index contributed by atoms with van der Waals surface area (Å²) >= 11 is 0.994. The minimum absolute atomic E-state index is 0.0860. The van der Waals surface area contributed by atoms with Gasteiger partial charge in [0.1, 0.15) is 16.9 Å². The Morgan fingerprint density at radius 1 is 1.35 bits per heavy atom. The molecule has 0 aliphatic rings. The number of nitrogens with one attached hydrogen (secondary N) is 1. The van der Waals surface area contributed by atoms with Crippen molar-refractivity contribution in [2.45, 2.75) is 44.6 Å². The van der Waals surface area contributed by atoms with Crippen molar-refractivity contribution >= 4 is 29.5 Å². The summed E-state index contributed by atoms with van der Waals surface area (Å²) in [5, 5.41) is 10.6. The number of hydrogen-bond donors (Lipinski definition) is 3. The molecule has 0 unspecified atom stereocenters. The average Bonchev–Trinajstić information content (AvgIpc) is 2.24. The number of esters is 1. The van der Waals surface area contributed by atoms with Crippen LogP contribution < -0.4 is 11.1 Å². The van der Waals surface area contributed by atoms with Gasteiger partial charge >= 0.3 is 5.97 Å². The zero-order chi connectivity index (χ0) is 15.9. The second-order valence-electron chi connectivity index (χ2n) is 5.19. The molecule has 2 amide bonds. The SMILES string of the molecule is CC(=O)N[C@@H](CS[C@@H](CO)C(N)=O)C(=O)OC(C)(C)C. The molecule has 8 heteroatoms. The van der Waals surface area contributed by atoms with E-state index in [0.29, 0.717) is 0 Å². The summed E-state index contributed by atoms with van der Waals surface area (Å²) in [5.41, 5.74) is 4.41. The number of primary amides is 1. The number of rotatable bonds is 7. The molecule has 0 aliphatic carbocycles. The molecule has 0 aliphatic heterocycles. The molecule has 0 saturated heterocycles. The molecule has 0 radical (unpaired) electrons. The van der Waals surface area contributed by atoms with Crippen molar-refractivity contribution in [1.29, 1.82) is 0 Å². The maximum Gasteiger partial charge on any atom is 0.330 e. The van der Waals surface area contributed by atoms with E-state index in [2.05, 4.69) is 5.32 Å². The highest BCUT2D eigenvalue weighted by Gasteiger charge is 2.27. The van der Waals surface area contributed by atoms with Crippen LogP contribution in [0.2, 0.25) is 0 Å². The second kappa shape index (κ2) is 8.11. The van der Waals surface area contributed by atoms with Gasteiger partial charge in [-0.1, -0.05) is 0 Å². The van der Waals surface area contributed by atoms with Gasteiger partial charge < -0.3 is 20.9 Å². The van der Waals surface area contributed by atoms with Crippen LogP contribution in [0.15, 0.2) is 0 Å². The number of ether oxygens (including phenoxy) is 1. The molecule has 0 bridgehead atoms. The van der Waals surface area contributed by atoms with E-state index in [4.69, 9.17) is 15.6 Å². The van der Waals surface area contributed by atoms with Crippen molar-refractivity contribution in [1.82, 2.24) is 5.32 Å². The Balaban J connectivity index is 4.68. The van der Waals surface area contributed by atoms with E-state index in [-0.39, 0.29) is 11.7 Å². The van der Waals surface area contributed by atoms with Gasteiger partial charge in [-0.15, -0.1) is 11.8 Å². The molecule has 116 valence electrons. The molecule has 0 aromatic rings. The van der Waals surface area contributed by atoms with E-state index < -0.39 is 35.4 Å². The van der Waals surface area contributed by atoms with Gasteiger partial charge in [0, 0.05) is 12.7 Å². The highest BCUT2D eigenvalue weighted by molar-refractivity contribution is 8.00. The molecule has 2 atom stereocenters. The number of carbonyl (C=O) groups is 3. The van der Waals surface area contributed by atoms with E-state index in [9.17, 15) is 14.4 Å². The Kier molecular flexibility index (Phi) is 7.59. The fourth-order valence-electron chi connectivity index (χ4n) is 1.22. The lowest BCUT2D eigenvalue weighted by atomic mass is 10.2. The van der Waals surface area contributed by atoms with Crippen molar-refractivity contribution in [2.24, 2.45) is 5.73 Å². The maximum absolute atomic E-state index is 11.9. The zero-order valence-electron chi connectivity index (χ0n) is 12.1. The summed E-state index contributed by atoms with van der Waals surface area (Å²) in [6.45, 7) is 5.98. The first-order valence-electron chi connectivity index (χ1n) is 6.08. The van der Waals surface area contributed by atoms with Gasteiger partial charge in [-0.2, -0.15) is 0 Å². The first-order chi connectivity index (χ1) is 9.06. The Labute approximate surface area is 122 Å². The number of thioether (sulfide) groups is 1. The van der Waals surface area contributed by atoms with Crippen LogP contribution in [0.1, 0.15) is 27.7 Å². The van der Waals surface area contributed by atoms with Crippen molar-refractivity contribution < 1.29 is 24.2 Å². The van der Waals surface area contributed by atoms with Crippen LogP contribution >= 0.6 is 11.8 Å². The van der Waals surface area contributed by atoms with E-state index in [1.165, 1.54) is 6.92 Å². The Morgan fingerprint density at radius 2 is 1.90 bits per heavy atom. The summed E-state index contributed by atoms with van der Waals surface area (Å²) in [7, 11) is 0. The fourth-order valence-corrected chi connectivity index (χ4v) is 2.14. The van der Waals surface area contributed by atoms with Gasteiger partial charge in [-0.05, 0) is 20.8 Å². The Morgan fingerprint density at radius 3 is 2.25 bits per heavy atom. The first kappa shape index (κ1) is 18.7. The van der Waals surface area contributed by atoms with Crippen LogP contribution in [0.3, 0.4) is 0 Å². The fraction of sp³-hybridized carbons (Fsp3) is 0.750. The molecule has 0 aromatic heterocycles. The number of amides is 2. The van der Waals surface area contributed by atoms with Gasteiger partial charge in [0.15, 0.2) is 0 Å². The van der Waals surface area contributed by atoms with E-state index in [1.54, 1.807) is 20.8 Å². The zero-order valence-corrected chi connectivity index (χ0v) is 13.0. The molecule has 0 spiro atoms. The predicted octanol–water partition coefficient (Wildman–Crippen LogP) is -0.588.